The summed E-state index contributed by atoms with van der Waals surface area (Å²) in [5, 5.41) is 13.1. The van der Waals surface area contributed by atoms with Gasteiger partial charge in [-0.1, -0.05) is 11.8 Å². The van der Waals surface area contributed by atoms with Gasteiger partial charge in [0.25, 0.3) is 5.91 Å². The predicted molar refractivity (Wildman–Crippen MR) is 104 cm³/mol. The van der Waals surface area contributed by atoms with Gasteiger partial charge in [0.2, 0.25) is 0 Å². The summed E-state index contributed by atoms with van der Waals surface area (Å²) in [6, 6.07) is 6.71. The largest absolute Gasteiger partial charge is 0.493 e. The number of benzene rings is 1. The third-order valence-electron chi connectivity index (χ3n) is 3.24. The van der Waals surface area contributed by atoms with Crippen molar-refractivity contribution in [2.45, 2.75) is 19.0 Å². The Bertz CT molecular complexity index is 868. The van der Waals surface area contributed by atoms with E-state index in [4.69, 9.17) is 14.6 Å². The Labute approximate surface area is 166 Å². The zero-order chi connectivity index (χ0) is 20.5. The summed E-state index contributed by atoms with van der Waals surface area (Å²) in [6.07, 6.45) is 1.44. The smallest absolute Gasteiger partial charge is 0.341 e. The van der Waals surface area contributed by atoms with Gasteiger partial charge in [-0.25, -0.2) is 20.2 Å². The number of hydrazone groups is 1. The van der Waals surface area contributed by atoms with Gasteiger partial charge >= 0.3 is 5.97 Å². The predicted octanol–water partition coefficient (Wildman–Crippen LogP) is 1.81. The van der Waals surface area contributed by atoms with Crippen LogP contribution >= 0.6 is 11.8 Å². The number of thioether (sulfide) groups is 1. The summed E-state index contributed by atoms with van der Waals surface area (Å²) in [6.45, 7) is 3.27. The monoisotopic (exact) mass is 404 g/mol. The van der Waals surface area contributed by atoms with Gasteiger partial charge in [0, 0.05) is 11.4 Å². The Kier molecular flexibility index (Phi) is 7.76. The average Bonchev–Trinajstić information content (AvgIpc) is 2.64. The summed E-state index contributed by atoms with van der Waals surface area (Å²) in [4.78, 5) is 31.0. The average molecular weight is 404 g/mol. The number of aliphatic carboxylic acids is 1. The molecule has 0 spiro atoms. The first-order chi connectivity index (χ1) is 13.4. The number of amides is 1. The Morgan fingerprint density at radius 3 is 2.57 bits per heavy atom. The van der Waals surface area contributed by atoms with Crippen LogP contribution in [0.3, 0.4) is 0 Å². The first kappa shape index (κ1) is 21.2. The van der Waals surface area contributed by atoms with Crippen LogP contribution in [0.5, 0.6) is 11.5 Å². The molecule has 10 heteroatoms. The van der Waals surface area contributed by atoms with E-state index in [1.54, 1.807) is 18.2 Å². The van der Waals surface area contributed by atoms with E-state index in [9.17, 15) is 9.59 Å². The number of aromatic nitrogens is 2. The fourth-order valence-electron chi connectivity index (χ4n) is 2.12. The minimum absolute atomic E-state index is 0.130. The topological polar surface area (TPSA) is 123 Å². The number of rotatable bonds is 9. The van der Waals surface area contributed by atoms with Crippen molar-refractivity contribution in [2.24, 2.45) is 5.10 Å². The Hall–Kier alpha value is -3.14. The number of methoxy groups -OCH3 is 1. The molecule has 1 amide bonds. The van der Waals surface area contributed by atoms with E-state index < -0.39 is 12.6 Å². The van der Waals surface area contributed by atoms with Gasteiger partial charge in [-0.05, 0) is 43.7 Å². The molecule has 2 N–H and O–H groups in total. The molecule has 0 aliphatic heterocycles. The highest BCUT2D eigenvalue weighted by atomic mass is 32.2. The zero-order valence-electron chi connectivity index (χ0n) is 15.6. The van der Waals surface area contributed by atoms with Gasteiger partial charge in [0.1, 0.15) is 0 Å². The van der Waals surface area contributed by atoms with Crippen LogP contribution in [0.4, 0.5) is 0 Å². The highest BCUT2D eigenvalue weighted by Gasteiger charge is 2.08. The molecule has 2 aromatic rings. The number of hydrogen-bond donors (Lipinski definition) is 2. The Balaban J connectivity index is 1.89. The maximum absolute atomic E-state index is 11.9. The molecule has 148 valence electrons. The summed E-state index contributed by atoms with van der Waals surface area (Å²) in [7, 11) is 1.44. The number of carboxylic acids is 1. The lowest BCUT2D eigenvalue weighted by atomic mass is 10.2. The second kappa shape index (κ2) is 10.3. The number of carboxylic acid groups (broad SMARTS) is 1. The minimum atomic E-state index is -1.08. The highest BCUT2D eigenvalue weighted by Crippen LogP contribution is 2.27. The molecule has 1 heterocycles. The number of hydrogen-bond acceptors (Lipinski definition) is 8. The second-order valence-corrected chi connectivity index (χ2v) is 6.55. The van der Waals surface area contributed by atoms with E-state index >= 15 is 0 Å². The fourth-order valence-corrected chi connectivity index (χ4v) is 2.86. The van der Waals surface area contributed by atoms with Gasteiger partial charge in [-0.3, -0.25) is 4.79 Å². The number of ether oxygens (including phenoxy) is 2. The normalized spacial score (nSPS) is 10.7. The molecule has 0 aliphatic carbocycles. The van der Waals surface area contributed by atoms with Crippen molar-refractivity contribution in [3.63, 3.8) is 0 Å². The van der Waals surface area contributed by atoms with Crippen LogP contribution in [-0.4, -0.2) is 52.6 Å². The van der Waals surface area contributed by atoms with Crippen molar-refractivity contribution in [2.75, 3.05) is 19.5 Å². The van der Waals surface area contributed by atoms with Gasteiger partial charge < -0.3 is 14.6 Å². The number of aryl methyl sites for hydroxylation is 2. The maximum Gasteiger partial charge on any atom is 0.341 e. The van der Waals surface area contributed by atoms with Crippen LogP contribution in [0.25, 0.3) is 0 Å². The molecule has 28 heavy (non-hydrogen) atoms. The van der Waals surface area contributed by atoms with Crippen LogP contribution in [0.1, 0.15) is 17.0 Å². The van der Waals surface area contributed by atoms with Crippen LogP contribution in [0.15, 0.2) is 34.5 Å². The van der Waals surface area contributed by atoms with Gasteiger partial charge in [0.05, 0.1) is 19.1 Å². The van der Waals surface area contributed by atoms with Gasteiger partial charge in [-0.15, -0.1) is 0 Å². The Morgan fingerprint density at radius 1 is 1.21 bits per heavy atom. The highest BCUT2D eigenvalue weighted by molar-refractivity contribution is 7.99. The molecule has 0 atom stereocenters. The van der Waals surface area contributed by atoms with Crippen molar-refractivity contribution < 1.29 is 24.2 Å². The van der Waals surface area contributed by atoms with E-state index in [0.717, 1.165) is 11.4 Å². The first-order valence-corrected chi connectivity index (χ1v) is 9.15. The van der Waals surface area contributed by atoms with E-state index in [-0.39, 0.29) is 11.7 Å². The molecule has 0 aliphatic rings. The molecule has 9 nitrogen and oxygen atoms in total. The molecule has 0 saturated carbocycles. The SMILES string of the molecule is COc1cc(/C=N\NC(=O)CSc2nc(C)cc(C)n2)ccc1OCC(=O)O. The second-order valence-electron chi connectivity index (χ2n) is 5.61. The molecular weight excluding hydrogens is 384 g/mol. The summed E-state index contributed by atoms with van der Waals surface area (Å²) < 4.78 is 10.3. The van der Waals surface area contributed by atoms with E-state index in [0.29, 0.717) is 22.2 Å². The molecule has 0 radical (unpaired) electrons. The lowest BCUT2D eigenvalue weighted by molar-refractivity contribution is -0.139. The summed E-state index contributed by atoms with van der Waals surface area (Å²) in [5.74, 6) is -0.585. The van der Waals surface area contributed by atoms with E-state index in [2.05, 4.69) is 20.5 Å². The molecule has 1 aromatic carbocycles. The molecule has 0 bridgehead atoms. The standard InChI is InChI=1S/C18H20N4O5S/c1-11-6-12(2)21-18(20-11)28-10-16(23)22-19-8-13-4-5-14(15(7-13)26-3)27-9-17(24)25/h4-8H,9-10H2,1-3H3,(H,22,23)(H,24,25)/b19-8-. The minimum Gasteiger partial charge on any atom is -0.493 e. The van der Waals surface area contributed by atoms with E-state index in [1.165, 1.54) is 25.1 Å². The Morgan fingerprint density at radius 2 is 1.93 bits per heavy atom. The first-order valence-electron chi connectivity index (χ1n) is 8.17. The van der Waals surface area contributed by atoms with Crippen molar-refractivity contribution in [1.29, 1.82) is 0 Å². The number of carbonyl (C=O) groups excluding carboxylic acids is 1. The lowest BCUT2D eigenvalue weighted by Gasteiger charge is -2.09. The third-order valence-corrected chi connectivity index (χ3v) is 4.08. The molecule has 0 unspecified atom stereocenters. The quantitative estimate of drug-likeness (QED) is 0.281. The molecule has 2 rings (SSSR count). The number of carbonyl (C=O) groups is 2. The maximum atomic E-state index is 11.9. The van der Waals surface area contributed by atoms with Crippen LogP contribution in [0.2, 0.25) is 0 Å². The van der Waals surface area contributed by atoms with Crippen LogP contribution in [0, 0.1) is 13.8 Å². The molecular formula is C18H20N4O5S. The van der Waals surface area contributed by atoms with E-state index in [1.807, 2.05) is 19.9 Å². The van der Waals surface area contributed by atoms with Crippen molar-refractivity contribution in [3.05, 3.63) is 41.2 Å². The number of nitrogens with one attached hydrogen (secondary N) is 1. The fraction of sp³-hybridized carbons (Fsp3) is 0.278. The van der Waals surface area contributed by atoms with Crippen LogP contribution in [-0.2, 0) is 9.59 Å². The summed E-state index contributed by atoms with van der Waals surface area (Å²) in [5.41, 5.74) is 4.76. The molecule has 0 fully saturated rings. The van der Waals surface area contributed by atoms with Crippen molar-refractivity contribution in [3.8, 4) is 11.5 Å². The van der Waals surface area contributed by atoms with Crippen LogP contribution < -0.4 is 14.9 Å². The zero-order valence-corrected chi connectivity index (χ0v) is 16.4. The number of nitrogens with zero attached hydrogens (tertiary/aromatic N) is 3. The molecule has 0 saturated heterocycles. The van der Waals surface area contributed by atoms with Gasteiger partial charge in [-0.2, -0.15) is 5.10 Å². The summed E-state index contributed by atoms with van der Waals surface area (Å²) >= 11 is 1.23. The lowest BCUT2D eigenvalue weighted by Crippen LogP contribution is -2.19. The van der Waals surface area contributed by atoms with Crippen molar-refractivity contribution in [1.82, 2.24) is 15.4 Å². The third kappa shape index (κ3) is 6.88. The molecule has 1 aromatic heterocycles. The van der Waals surface area contributed by atoms with Gasteiger partial charge in [0.15, 0.2) is 23.3 Å². The van der Waals surface area contributed by atoms with Crippen molar-refractivity contribution >= 4 is 29.9 Å².